The molecule has 0 amide bonds. The minimum Gasteiger partial charge on any atom is -0.383 e. The fraction of sp³-hybridized carbons (Fsp3) is 0.222. The van der Waals surface area contributed by atoms with Gasteiger partial charge in [0.1, 0.15) is 0 Å². The zero-order valence-corrected chi connectivity index (χ0v) is 9.15. The third-order valence-corrected chi connectivity index (χ3v) is 2.59. The third kappa shape index (κ3) is 3.17. The third-order valence-electron chi connectivity index (χ3n) is 1.54. The highest BCUT2D eigenvalue weighted by molar-refractivity contribution is 7.17. The van der Waals surface area contributed by atoms with Crippen molar-refractivity contribution in [3.05, 3.63) is 39.4 Å². The van der Waals surface area contributed by atoms with Gasteiger partial charge in [0.25, 0.3) is 0 Å². The molecule has 0 aliphatic heterocycles. The molecule has 0 aliphatic rings. The van der Waals surface area contributed by atoms with Crippen molar-refractivity contribution in [3.63, 3.8) is 0 Å². The summed E-state index contributed by atoms with van der Waals surface area (Å²) in [6.07, 6.45) is 2.99. The highest BCUT2D eigenvalue weighted by Crippen LogP contribution is 2.24. The molecule has 0 atom stereocenters. The summed E-state index contributed by atoms with van der Waals surface area (Å²) < 4.78 is 0. The van der Waals surface area contributed by atoms with Crippen molar-refractivity contribution in [2.75, 3.05) is 14.1 Å². The van der Waals surface area contributed by atoms with Gasteiger partial charge in [-0.25, -0.2) is 0 Å². The maximum absolute atomic E-state index is 11.5. The van der Waals surface area contributed by atoms with Gasteiger partial charge in [0.05, 0.1) is 9.80 Å². The van der Waals surface area contributed by atoms with E-state index in [1.807, 2.05) is 0 Å². The molecule has 0 saturated carbocycles. The Morgan fingerprint density at radius 3 is 2.67 bits per heavy atom. The van der Waals surface area contributed by atoms with Crippen LogP contribution in [0.5, 0.6) is 0 Å². The van der Waals surface area contributed by atoms with Crippen LogP contribution in [0.1, 0.15) is 9.67 Å². The van der Waals surface area contributed by atoms with Crippen LogP contribution in [-0.2, 0) is 0 Å². The molecule has 1 heterocycles. The monoisotopic (exact) mass is 226 g/mol. The highest BCUT2D eigenvalue weighted by atomic mass is 32.1. The van der Waals surface area contributed by atoms with Crippen LogP contribution in [0.2, 0.25) is 0 Å². The van der Waals surface area contributed by atoms with Crippen molar-refractivity contribution in [1.29, 1.82) is 0 Å². The molecule has 0 saturated heterocycles. The maximum atomic E-state index is 11.5. The second-order valence-corrected chi connectivity index (χ2v) is 4.10. The van der Waals surface area contributed by atoms with Gasteiger partial charge in [0.2, 0.25) is 0 Å². The van der Waals surface area contributed by atoms with Crippen molar-refractivity contribution in [1.82, 2.24) is 4.90 Å². The van der Waals surface area contributed by atoms with Crippen LogP contribution in [0.3, 0.4) is 0 Å². The number of nitrogens with zero attached hydrogens (tertiary/aromatic N) is 2. The highest BCUT2D eigenvalue weighted by Gasteiger charge is 2.13. The molecule has 0 radical (unpaired) electrons. The van der Waals surface area contributed by atoms with E-state index in [2.05, 4.69) is 0 Å². The molecule has 80 valence electrons. The lowest BCUT2D eigenvalue weighted by Crippen LogP contribution is -2.02. The Hall–Kier alpha value is -1.69. The number of allylic oxidation sites excluding steroid dienone is 1. The van der Waals surface area contributed by atoms with Gasteiger partial charge in [0.15, 0.2) is 5.78 Å². The van der Waals surface area contributed by atoms with Crippen molar-refractivity contribution in [2.45, 2.75) is 0 Å². The van der Waals surface area contributed by atoms with Crippen molar-refractivity contribution < 1.29 is 9.72 Å². The first kappa shape index (κ1) is 11.4. The fourth-order valence-electron chi connectivity index (χ4n) is 0.857. The summed E-state index contributed by atoms with van der Waals surface area (Å²) in [6.45, 7) is 0. The summed E-state index contributed by atoms with van der Waals surface area (Å²) in [7, 11) is 3.58. The second kappa shape index (κ2) is 4.70. The number of ketones is 1. The smallest absolute Gasteiger partial charge is 0.324 e. The van der Waals surface area contributed by atoms with Gasteiger partial charge in [0, 0.05) is 32.4 Å². The largest absolute Gasteiger partial charge is 0.383 e. The van der Waals surface area contributed by atoms with E-state index in [0.717, 1.165) is 11.3 Å². The molecule has 0 aromatic carbocycles. The Labute approximate surface area is 90.8 Å². The van der Waals surface area contributed by atoms with E-state index in [-0.39, 0.29) is 10.8 Å². The molecule has 0 N–H and O–H groups in total. The first-order valence-electron chi connectivity index (χ1n) is 4.14. The van der Waals surface area contributed by atoms with Gasteiger partial charge in [-0.15, -0.1) is 0 Å². The number of hydrogen-bond donors (Lipinski definition) is 0. The van der Waals surface area contributed by atoms with Gasteiger partial charge in [-0.2, -0.15) is 0 Å². The SMILES string of the molecule is CN(C)/C=C/C(=O)c1ccc([N+](=O)[O-])s1. The van der Waals surface area contributed by atoms with Gasteiger partial charge < -0.3 is 4.90 Å². The summed E-state index contributed by atoms with van der Waals surface area (Å²) in [5, 5.41) is 10.4. The molecule has 0 spiro atoms. The molecule has 15 heavy (non-hydrogen) atoms. The Morgan fingerprint density at radius 1 is 1.53 bits per heavy atom. The molecule has 5 nitrogen and oxygen atoms in total. The summed E-state index contributed by atoms with van der Waals surface area (Å²) in [5.74, 6) is -0.221. The van der Waals surface area contributed by atoms with Gasteiger partial charge in [-0.3, -0.25) is 14.9 Å². The zero-order chi connectivity index (χ0) is 11.4. The first-order chi connectivity index (χ1) is 7.00. The Balaban J connectivity index is 2.79. The molecule has 0 fully saturated rings. The first-order valence-corrected chi connectivity index (χ1v) is 4.95. The van der Waals surface area contributed by atoms with Gasteiger partial charge in [-0.05, 0) is 6.07 Å². The lowest BCUT2D eigenvalue weighted by molar-refractivity contribution is -0.380. The molecule has 0 aliphatic carbocycles. The molecule has 1 aromatic rings. The molecular weight excluding hydrogens is 216 g/mol. The van der Waals surface area contributed by atoms with Crippen molar-refractivity contribution in [2.24, 2.45) is 0 Å². The predicted molar refractivity (Wildman–Crippen MR) is 58.1 cm³/mol. The lowest BCUT2D eigenvalue weighted by atomic mass is 10.3. The molecular formula is C9H10N2O3S. The summed E-state index contributed by atoms with van der Waals surface area (Å²) >= 11 is 0.882. The van der Waals surface area contributed by atoms with E-state index in [4.69, 9.17) is 0 Å². The lowest BCUT2D eigenvalue weighted by Gasteiger charge is -2.01. The van der Waals surface area contributed by atoms with E-state index in [9.17, 15) is 14.9 Å². The number of hydrogen-bond acceptors (Lipinski definition) is 5. The molecule has 6 heteroatoms. The molecule has 1 aromatic heterocycles. The van der Waals surface area contributed by atoms with Crippen LogP contribution in [0, 0.1) is 10.1 Å². The van der Waals surface area contributed by atoms with Gasteiger partial charge >= 0.3 is 5.00 Å². The van der Waals surface area contributed by atoms with Crippen LogP contribution in [0.25, 0.3) is 0 Å². The normalized spacial score (nSPS) is 10.5. The fourth-order valence-corrected chi connectivity index (χ4v) is 1.60. The standard InChI is InChI=1S/C9H10N2O3S/c1-10(2)6-5-7(12)8-3-4-9(15-8)11(13)14/h3-6H,1-2H3/b6-5+. The van der Waals surface area contributed by atoms with E-state index in [0.29, 0.717) is 4.88 Å². The van der Waals surface area contributed by atoms with Crippen LogP contribution >= 0.6 is 11.3 Å². The second-order valence-electron chi connectivity index (χ2n) is 3.04. The number of carbonyl (C=O) groups is 1. The number of nitro groups is 1. The molecule has 0 unspecified atom stereocenters. The van der Waals surface area contributed by atoms with Crippen molar-refractivity contribution in [3.8, 4) is 0 Å². The van der Waals surface area contributed by atoms with Crippen LogP contribution in [-0.4, -0.2) is 29.7 Å². The van der Waals surface area contributed by atoms with E-state index in [1.165, 1.54) is 18.2 Å². The summed E-state index contributed by atoms with van der Waals surface area (Å²) in [6, 6.07) is 2.80. The number of thiophene rings is 1. The Kier molecular flexibility index (Phi) is 3.56. The van der Waals surface area contributed by atoms with Crippen molar-refractivity contribution >= 4 is 22.1 Å². The quantitative estimate of drug-likeness (QED) is 0.340. The topological polar surface area (TPSA) is 63.5 Å². The zero-order valence-electron chi connectivity index (χ0n) is 8.34. The maximum Gasteiger partial charge on any atom is 0.324 e. The van der Waals surface area contributed by atoms with Crippen LogP contribution < -0.4 is 0 Å². The van der Waals surface area contributed by atoms with E-state index >= 15 is 0 Å². The summed E-state index contributed by atoms with van der Waals surface area (Å²) in [5.41, 5.74) is 0. The van der Waals surface area contributed by atoms with Crippen LogP contribution in [0.4, 0.5) is 5.00 Å². The predicted octanol–water partition coefficient (Wildman–Crippen LogP) is 1.91. The Morgan fingerprint density at radius 2 is 2.20 bits per heavy atom. The number of carbonyl (C=O) groups excluding carboxylic acids is 1. The Bertz CT molecular complexity index is 409. The number of rotatable bonds is 4. The van der Waals surface area contributed by atoms with E-state index in [1.54, 1.807) is 25.2 Å². The minimum atomic E-state index is -0.503. The van der Waals surface area contributed by atoms with Gasteiger partial charge in [-0.1, -0.05) is 11.3 Å². The van der Waals surface area contributed by atoms with E-state index < -0.39 is 4.92 Å². The minimum absolute atomic E-state index is 0.0170. The van der Waals surface area contributed by atoms with Crippen LogP contribution in [0.15, 0.2) is 24.4 Å². The summed E-state index contributed by atoms with van der Waals surface area (Å²) in [4.78, 5) is 23.4. The molecule has 1 rings (SSSR count). The average molecular weight is 226 g/mol. The average Bonchev–Trinajstić information content (AvgIpc) is 2.62. The molecule has 0 bridgehead atoms.